The Bertz CT molecular complexity index is 769. The van der Waals surface area contributed by atoms with E-state index >= 15 is 0 Å². The summed E-state index contributed by atoms with van der Waals surface area (Å²) in [7, 11) is 1.65. The number of hydrogen-bond acceptors (Lipinski definition) is 5. The van der Waals surface area contributed by atoms with Crippen LogP contribution in [0.25, 0.3) is 0 Å². The second-order valence-electron chi connectivity index (χ2n) is 10.2. The molecule has 2 aliphatic carbocycles. The van der Waals surface area contributed by atoms with Crippen LogP contribution in [-0.2, 0) is 26.8 Å². The van der Waals surface area contributed by atoms with Crippen molar-refractivity contribution in [2.75, 3.05) is 38.7 Å². The van der Waals surface area contributed by atoms with Gasteiger partial charge in [0.25, 0.3) is 0 Å². The third-order valence-corrected chi connectivity index (χ3v) is 6.74. The highest BCUT2D eigenvalue weighted by atomic mass is 16.5. The molecule has 1 atom stereocenters. The lowest BCUT2D eigenvalue weighted by atomic mass is 9.77. The van der Waals surface area contributed by atoms with E-state index in [9.17, 15) is 4.79 Å². The van der Waals surface area contributed by atoms with Crippen LogP contribution in [0.15, 0.2) is 0 Å². The number of fused-ring (bicyclic) bond motifs is 2. The van der Waals surface area contributed by atoms with Crippen LogP contribution in [0.1, 0.15) is 76.4 Å². The maximum Gasteiger partial charge on any atom is 0.224 e. The van der Waals surface area contributed by atoms with Crippen LogP contribution in [0.2, 0.25) is 0 Å². The van der Waals surface area contributed by atoms with E-state index in [0.29, 0.717) is 13.0 Å². The SMILES string of the molecule is COCCC(=O)N1CCCC2(CCc3c(NCC4CC4)nc(C(C)(C)C)nc32)C1. The van der Waals surface area contributed by atoms with Crippen molar-refractivity contribution in [2.45, 2.75) is 76.5 Å². The molecule has 0 bridgehead atoms. The lowest BCUT2D eigenvalue weighted by molar-refractivity contribution is -0.134. The lowest BCUT2D eigenvalue weighted by Crippen LogP contribution is -2.48. The molecule has 1 aliphatic heterocycles. The minimum Gasteiger partial charge on any atom is -0.384 e. The number of hydrogen-bond donors (Lipinski definition) is 1. The van der Waals surface area contributed by atoms with Gasteiger partial charge in [-0.25, -0.2) is 9.97 Å². The maximum atomic E-state index is 12.7. The van der Waals surface area contributed by atoms with E-state index < -0.39 is 0 Å². The number of likely N-dealkylation sites (tertiary alicyclic amines) is 1. The van der Waals surface area contributed by atoms with Gasteiger partial charge in [0.05, 0.1) is 18.7 Å². The molecule has 1 saturated heterocycles. The molecular weight excluding hydrogens is 364 g/mol. The van der Waals surface area contributed by atoms with E-state index in [2.05, 4.69) is 26.1 Å². The molecule has 1 N–H and O–H groups in total. The molecule has 160 valence electrons. The Morgan fingerprint density at radius 3 is 2.76 bits per heavy atom. The van der Waals surface area contributed by atoms with Crippen molar-refractivity contribution in [3.63, 3.8) is 0 Å². The van der Waals surface area contributed by atoms with E-state index in [4.69, 9.17) is 14.7 Å². The van der Waals surface area contributed by atoms with Crippen LogP contribution in [0.4, 0.5) is 5.82 Å². The Morgan fingerprint density at radius 1 is 1.28 bits per heavy atom. The van der Waals surface area contributed by atoms with Crippen LogP contribution >= 0.6 is 0 Å². The Hall–Kier alpha value is -1.69. The molecule has 4 rings (SSSR count). The fraction of sp³-hybridized carbons (Fsp3) is 0.783. The van der Waals surface area contributed by atoms with Crippen LogP contribution in [-0.4, -0.2) is 54.1 Å². The zero-order valence-corrected chi connectivity index (χ0v) is 18.5. The summed E-state index contributed by atoms with van der Waals surface area (Å²) >= 11 is 0. The number of carbonyl (C=O) groups is 1. The van der Waals surface area contributed by atoms with Gasteiger partial charge in [-0.2, -0.15) is 0 Å². The van der Waals surface area contributed by atoms with E-state index in [-0.39, 0.29) is 16.7 Å². The summed E-state index contributed by atoms with van der Waals surface area (Å²) in [4.78, 5) is 24.9. The van der Waals surface area contributed by atoms with Gasteiger partial charge in [-0.1, -0.05) is 20.8 Å². The number of rotatable bonds is 6. The molecule has 2 heterocycles. The quantitative estimate of drug-likeness (QED) is 0.792. The molecule has 1 spiro atoms. The molecule has 6 heteroatoms. The number of nitrogens with one attached hydrogen (secondary N) is 1. The summed E-state index contributed by atoms with van der Waals surface area (Å²) in [5, 5.41) is 3.66. The smallest absolute Gasteiger partial charge is 0.224 e. The van der Waals surface area contributed by atoms with Crippen LogP contribution < -0.4 is 5.32 Å². The number of ether oxygens (including phenoxy) is 1. The Kier molecular flexibility index (Phi) is 5.58. The Morgan fingerprint density at radius 2 is 2.07 bits per heavy atom. The maximum absolute atomic E-state index is 12.7. The number of piperidine rings is 1. The first-order valence-electron chi connectivity index (χ1n) is 11.2. The van der Waals surface area contributed by atoms with Gasteiger partial charge in [-0.05, 0) is 44.4 Å². The summed E-state index contributed by atoms with van der Waals surface area (Å²) in [6.07, 6.45) is 7.34. The van der Waals surface area contributed by atoms with Gasteiger partial charge < -0.3 is 15.0 Å². The number of anilines is 1. The standard InChI is InChI=1S/C23H36N4O2/c1-22(2,3)21-25-19-17(20(26-21)24-14-16-6-7-16)8-11-23(19)10-5-12-27(15-23)18(28)9-13-29-4/h16H,5-15H2,1-4H3,(H,24,25,26). The van der Waals surface area contributed by atoms with E-state index in [1.54, 1.807) is 7.11 Å². The first kappa shape index (κ1) is 20.6. The summed E-state index contributed by atoms with van der Waals surface area (Å²) in [6, 6.07) is 0. The van der Waals surface area contributed by atoms with Crippen molar-refractivity contribution in [1.82, 2.24) is 14.9 Å². The van der Waals surface area contributed by atoms with Gasteiger partial charge in [0.2, 0.25) is 5.91 Å². The lowest BCUT2D eigenvalue weighted by Gasteiger charge is -2.41. The third-order valence-electron chi connectivity index (χ3n) is 6.74. The van der Waals surface area contributed by atoms with Crippen LogP contribution in [0.5, 0.6) is 0 Å². The average molecular weight is 401 g/mol. The highest BCUT2D eigenvalue weighted by molar-refractivity contribution is 5.76. The Labute approximate surface area is 174 Å². The van der Waals surface area contributed by atoms with Crippen molar-refractivity contribution < 1.29 is 9.53 Å². The number of amides is 1. The topological polar surface area (TPSA) is 67.3 Å². The molecule has 1 aromatic heterocycles. The normalized spacial score (nSPS) is 24.1. The molecule has 0 aromatic carbocycles. The minimum absolute atomic E-state index is 0.0186. The van der Waals surface area contributed by atoms with Crippen molar-refractivity contribution in [2.24, 2.45) is 5.92 Å². The fourth-order valence-corrected chi connectivity index (χ4v) is 4.78. The fourth-order valence-electron chi connectivity index (χ4n) is 4.78. The van der Waals surface area contributed by atoms with Gasteiger partial charge in [0.15, 0.2) is 0 Å². The Balaban J connectivity index is 1.65. The molecule has 0 radical (unpaired) electrons. The third kappa shape index (κ3) is 4.27. The molecular formula is C23H36N4O2. The molecule has 1 saturated carbocycles. The number of aromatic nitrogens is 2. The van der Waals surface area contributed by atoms with Crippen molar-refractivity contribution in [3.8, 4) is 0 Å². The summed E-state index contributed by atoms with van der Waals surface area (Å²) in [6.45, 7) is 9.69. The van der Waals surface area contributed by atoms with Gasteiger partial charge in [-0.15, -0.1) is 0 Å². The summed E-state index contributed by atoms with van der Waals surface area (Å²) in [5.74, 6) is 2.97. The van der Waals surface area contributed by atoms with Gasteiger partial charge in [0, 0.05) is 43.1 Å². The second kappa shape index (κ2) is 7.86. The minimum atomic E-state index is -0.0997. The van der Waals surface area contributed by atoms with Crippen molar-refractivity contribution >= 4 is 11.7 Å². The first-order chi connectivity index (χ1) is 13.8. The van der Waals surface area contributed by atoms with Crippen LogP contribution in [0.3, 0.4) is 0 Å². The largest absolute Gasteiger partial charge is 0.384 e. The van der Waals surface area contributed by atoms with E-state index in [1.807, 2.05) is 4.90 Å². The van der Waals surface area contributed by atoms with Gasteiger partial charge >= 0.3 is 0 Å². The molecule has 2 fully saturated rings. The number of carbonyl (C=O) groups excluding carboxylic acids is 1. The summed E-state index contributed by atoms with van der Waals surface area (Å²) in [5.41, 5.74) is 2.39. The zero-order valence-electron chi connectivity index (χ0n) is 18.5. The van der Waals surface area contributed by atoms with Crippen LogP contribution in [0, 0.1) is 5.92 Å². The van der Waals surface area contributed by atoms with Crippen molar-refractivity contribution in [1.29, 1.82) is 0 Å². The molecule has 1 amide bonds. The van der Waals surface area contributed by atoms with Crippen molar-refractivity contribution in [3.05, 3.63) is 17.1 Å². The monoisotopic (exact) mass is 400 g/mol. The molecule has 1 unspecified atom stereocenters. The van der Waals surface area contributed by atoms with E-state index in [1.165, 1.54) is 24.1 Å². The van der Waals surface area contributed by atoms with E-state index in [0.717, 1.165) is 62.9 Å². The highest BCUT2D eigenvalue weighted by Crippen LogP contribution is 2.46. The molecule has 6 nitrogen and oxygen atoms in total. The molecule has 1 aromatic rings. The second-order valence-corrected chi connectivity index (χ2v) is 10.2. The molecule has 3 aliphatic rings. The van der Waals surface area contributed by atoms with Gasteiger partial charge in [0.1, 0.15) is 11.6 Å². The van der Waals surface area contributed by atoms with Gasteiger partial charge in [-0.3, -0.25) is 4.79 Å². The predicted octanol–water partition coefficient (Wildman–Crippen LogP) is 3.44. The average Bonchev–Trinajstić information content (AvgIpc) is 3.46. The summed E-state index contributed by atoms with van der Waals surface area (Å²) < 4.78 is 5.12. The molecule has 29 heavy (non-hydrogen) atoms. The number of nitrogens with zero attached hydrogens (tertiary/aromatic N) is 3. The zero-order chi connectivity index (χ0) is 20.6. The predicted molar refractivity (Wildman–Crippen MR) is 114 cm³/mol. The highest BCUT2D eigenvalue weighted by Gasteiger charge is 2.46. The first-order valence-corrected chi connectivity index (χ1v) is 11.2. The number of methoxy groups -OCH3 is 1.